The van der Waals surface area contributed by atoms with Gasteiger partial charge in [0, 0.05) is 6.54 Å². The third kappa shape index (κ3) is 2.93. The summed E-state index contributed by atoms with van der Waals surface area (Å²) in [5.74, 6) is -0.206. The molecule has 18 heavy (non-hydrogen) atoms. The van der Waals surface area contributed by atoms with Crippen LogP contribution in [0.15, 0.2) is 41.0 Å². The van der Waals surface area contributed by atoms with Crippen molar-refractivity contribution in [1.82, 2.24) is 5.32 Å². The highest BCUT2D eigenvalue weighted by Gasteiger charge is 2.12. The largest absolute Gasteiger partial charge is 0.452 e. The van der Waals surface area contributed by atoms with Crippen molar-refractivity contribution in [2.45, 2.75) is 13.3 Å². The summed E-state index contributed by atoms with van der Waals surface area (Å²) < 4.78 is 4.87. The predicted octanol–water partition coefficient (Wildman–Crippen LogP) is 3.21. The van der Waals surface area contributed by atoms with E-state index in [0.717, 1.165) is 6.42 Å². The number of furan rings is 1. The van der Waals surface area contributed by atoms with Crippen molar-refractivity contribution < 1.29 is 9.21 Å². The van der Waals surface area contributed by atoms with E-state index in [-0.39, 0.29) is 11.1 Å². The molecule has 0 aliphatic rings. The van der Waals surface area contributed by atoms with Crippen LogP contribution in [0.1, 0.15) is 21.5 Å². The summed E-state index contributed by atoms with van der Waals surface area (Å²) in [6, 6.07) is 9.68. The fourth-order valence-corrected chi connectivity index (χ4v) is 1.95. The summed E-state index contributed by atoms with van der Waals surface area (Å²) in [4.78, 5) is 11.7. The first-order valence-corrected chi connectivity index (χ1v) is 6.12. The number of rotatable bonds is 4. The molecule has 0 spiro atoms. The van der Waals surface area contributed by atoms with Crippen molar-refractivity contribution >= 4 is 17.5 Å². The third-order valence-electron chi connectivity index (χ3n) is 2.80. The number of amides is 1. The van der Waals surface area contributed by atoms with E-state index in [2.05, 4.69) is 24.4 Å². The zero-order valence-corrected chi connectivity index (χ0v) is 10.8. The Morgan fingerprint density at radius 2 is 2.11 bits per heavy atom. The minimum atomic E-state index is -0.206. The van der Waals surface area contributed by atoms with Crippen LogP contribution in [0.5, 0.6) is 0 Å². The molecular formula is C14H14ClNO2. The molecule has 2 aromatic rings. The van der Waals surface area contributed by atoms with E-state index in [9.17, 15) is 4.79 Å². The van der Waals surface area contributed by atoms with Gasteiger partial charge in [-0.2, -0.15) is 0 Å². The molecule has 0 radical (unpaired) electrons. The maximum absolute atomic E-state index is 11.7. The lowest BCUT2D eigenvalue weighted by Crippen LogP contribution is -2.25. The third-order valence-corrected chi connectivity index (χ3v) is 3.10. The topological polar surface area (TPSA) is 42.2 Å². The van der Waals surface area contributed by atoms with E-state index in [1.54, 1.807) is 6.07 Å². The molecule has 1 aromatic carbocycles. The van der Waals surface area contributed by atoms with E-state index in [1.807, 2.05) is 12.1 Å². The summed E-state index contributed by atoms with van der Waals surface area (Å²) in [5.41, 5.74) is 2.84. The molecule has 0 aliphatic carbocycles. The second-order valence-electron chi connectivity index (χ2n) is 4.04. The Morgan fingerprint density at radius 1 is 1.33 bits per heavy atom. The van der Waals surface area contributed by atoms with Crippen LogP contribution in [-0.4, -0.2) is 12.5 Å². The number of carbonyl (C=O) groups is 1. The van der Waals surface area contributed by atoms with Crippen molar-refractivity contribution in [1.29, 1.82) is 0 Å². The van der Waals surface area contributed by atoms with Crippen LogP contribution in [0.4, 0.5) is 0 Å². The number of aryl methyl sites for hydroxylation is 1. The van der Waals surface area contributed by atoms with Gasteiger partial charge in [0.2, 0.25) is 5.22 Å². The SMILES string of the molecule is Cc1ccccc1CCNC(=O)c1ccoc1Cl. The molecule has 1 aromatic heterocycles. The number of hydrogen-bond donors (Lipinski definition) is 1. The Morgan fingerprint density at radius 3 is 2.78 bits per heavy atom. The van der Waals surface area contributed by atoms with E-state index in [0.29, 0.717) is 12.1 Å². The van der Waals surface area contributed by atoms with Gasteiger partial charge in [0.25, 0.3) is 5.91 Å². The van der Waals surface area contributed by atoms with Gasteiger partial charge in [0.1, 0.15) is 0 Å². The Bertz CT molecular complexity index is 548. The second kappa shape index (κ2) is 5.74. The molecule has 1 heterocycles. The van der Waals surface area contributed by atoms with Crippen LogP contribution in [0.25, 0.3) is 0 Å². The molecule has 3 nitrogen and oxygen atoms in total. The summed E-state index contributed by atoms with van der Waals surface area (Å²) in [5, 5.41) is 2.95. The molecule has 94 valence electrons. The van der Waals surface area contributed by atoms with Gasteiger partial charge in [0.15, 0.2) is 0 Å². The van der Waals surface area contributed by atoms with Gasteiger partial charge in [-0.15, -0.1) is 0 Å². The molecule has 1 amide bonds. The zero-order valence-electron chi connectivity index (χ0n) is 10.1. The maximum Gasteiger partial charge on any atom is 0.256 e. The predicted molar refractivity (Wildman–Crippen MR) is 70.9 cm³/mol. The molecule has 1 N–H and O–H groups in total. The van der Waals surface area contributed by atoms with Gasteiger partial charge in [-0.3, -0.25) is 4.79 Å². The number of carbonyl (C=O) groups excluding carboxylic acids is 1. The summed E-state index contributed by atoms with van der Waals surface area (Å²) >= 11 is 5.73. The molecule has 0 saturated carbocycles. The van der Waals surface area contributed by atoms with Crippen LogP contribution in [-0.2, 0) is 6.42 Å². The summed E-state index contributed by atoms with van der Waals surface area (Å²) in [6.45, 7) is 2.63. The van der Waals surface area contributed by atoms with E-state index in [1.165, 1.54) is 17.4 Å². The molecule has 4 heteroatoms. The number of benzene rings is 1. The number of nitrogens with one attached hydrogen (secondary N) is 1. The summed E-state index contributed by atoms with van der Waals surface area (Å²) in [6.07, 6.45) is 2.20. The Kier molecular flexibility index (Phi) is 4.05. The molecule has 0 unspecified atom stereocenters. The molecule has 0 aliphatic heterocycles. The highest BCUT2D eigenvalue weighted by atomic mass is 35.5. The molecular weight excluding hydrogens is 250 g/mol. The van der Waals surface area contributed by atoms with E-state index in [4.69, 9.17) is 16.0 Å². The normalized spacial score (nSPS) is 10.3. The van der Waals surface area contributed by atoms with E-state index >= 15 is 0 Å². The molecule has 0 bridgehead atoms. The average Bonchev–Trinajstić information content (AvgIpc) is 2.78. The Hall–Kier alpha value is -1.74. The maximum atomic E-state index is 11.7. The van der Waals surface area contributed by atoms with Crippen molar-refractivity contribution in [2.24, 2.45) is 0 Å². The van der Waals surface area contributed by atoms with Gasteiger partial charge < -0.3 is 9.73 Å². The number of halogens is 1. The number of hydrogen-bond acceptors (Lipinski definition) is 2. The van der Waals surface area contributed by atoms with Gasteiger partial charge in [0.05, 0.1) is 11.8 Å². The van der Waals surface area contributed by atoms with Crippen molar-refractivity contribution in [3.8, 4) is 0 Å². The first kappa shape index (κ1) is 12.7. The van der Waals surface area contributed by atoms with Crippen LogP contribution >= 0.6 is 11.6 Å². The van der Waals surface area contributed by atoms with Gasteiger partial charge in [-0.25, -0.2) is 0 Å². The van der Waals surface area contributed by atoms with Crippen LogP contribution in [0.3, 0.4) is 0 Å². The smallest absolute Gasteiger partial charge is 0.256 e. The zero-order chi connectivity index (χ0) is 13.0. The van der Waals surface area contributed by atoms with Gasteiger partial charge in [-0.1, -0.05) is 24.3 Å². The molecule has 2 rings (SSSR count). The molecule has 0 saturated heterocycles. The van der Waals surface area contributed by atoms with Crippen molar-refractivity contribution in [3.63, 3.8) is 0 Å². The quantitative estimate of drug-likeness (QED) is 0.920. The minimum Gasteiger partial charge on any atom is -0.452 e. The highest BCUT2D eigenvalue weighted by molar-refractivity contribution is 6.32. The standard InChI is InChI=1S/C14H14ClNO2/c1-10-4-2-3-5-11(10)6-8-16-14(17)12-7-9-18-13(12)15/h2-5,7,9H,6,8H2,1H3,(H,16,17). The molecule has 0 fully saturated rings. The van der Waals surface area contributed by atoms with Gasteiger partial charge in [-0.05, 0) is 42.1 Å². The fraction of sp³-hybridized carbons (Fsp3) is 0.214. The van der Waals surface area contributed by atoms with Crippen molar-refractivity contribution in [2.75, 3.05) is 6.54 Å². The second-order valence-corrected chi connectivity index (χ2v) is 4.38. The minimum absolute atomic E-state index is 0.128. The van der Waals surface area contributed by atoms with Crippen LogP contribution in [0, 0.1) is 6.92 Å². The Labute approximate surface area is 111 Å². The summed E-state index contributed by atoms with van der Waals surface area (Å²) in [7, 11) is 0. The molecule has 0 atom stereocenters. The van der Waals surface area contributed by atoms with E-state index < -0.39 is 0 Å². The highest BCUT2D eigenvalue weighted by Crippen LogP contribution is 2.16. The lowest BCUT2D eigenvalue weighted by atomic mass is 10.1. The van der Waals surface area contributed by atoms with Gasteiger partial charge >= 0.3 is 0 Å². The van der Waals surface area contributed by atoms with Crippen LogP contribution in [0.2, 0.25) is 5.22 Å². The monoisotopic (exact) mass is 263 g/mol. The lowest BCUT2D eigenvalue weighted by molar-refractivity contribution is 0.0953. The van der Waals surface area contributed by atoms with Crippen LogP contribution < -0.4 is 5.32 Å². The fourth-order valence-electron chi connectivity index (χ4n) is 1.75. The first-order chi connectivity index (χ1) is 8.68. The Balaban J connectivity index is 1.88. The van der Waals surface area contributed by atoms with Crippen molar-refractivity contribution in [3.05, 3.63) is 58.5 Å². The average molecular weight is 264 g/mol. The first-order valence-electron chi connectivity index (χ1n) is 5.74. The lowest BCUT2D eigenvalue weighted by Gasteiger charge is -2.06.